The smallest absolute Gasteiger partial charge is 0.303 e. The van der Waals surface area contributed by atoms with Crippen molar-refractivity contribution in [3.05, 3.63) is 29.3 Å². The van der Waals surface area contributed by atoms with E-state index in [0.717, 1.165) is 16.8 Å². The Balaban J connectivity index is 2.22. The van der Waals surface area contributed by atoms with Gasteiger partial charge in [-0.05, 0) is 29.9 Å². The van der Waals surface area contributed by atoms with Crippen LogP contribution >= 0.6 is 0 Å². The van der Waals surface area contributed by atoms with Crippen LogP contribution in [-0.2, 0) is 16.0 Å². The zero-order valence-corrected chi connectivity index (χ0v) is 11.3. The Bertz CT molecular complexity index is 508. The predicted molar refractivity (Wildman–Crippen MR) is 73.2 cm³/mol. The normalized spacial score (nSPS) is 18.1. The van der Waals surface area contributed by atoms with Crippen LogP contribution in [0.25, 0.3) is 0 Å². The average molecular weight is 261 g/mol. The minimum atomic E-state index is -0.852. The van der Waals surface area contributed by atoms with Crippen molar-refractivity contribution in [2.24, 2.45) is 5.92 Å². The molecule has 0 saturated heterocycles. The van der Waals surface area contributed by atoms with Crippen molar-refractivity contribution in [2.75, 3.05) is 5.32 Å². The van der Waals surface area contributed by atoms with Crippen molar-refractivity contribution in [3.8, 4) is 0 Å². The summed E-state index contributed by atoms with van der Waals surface area (Å²) in [5, 5.41) is 11.7. The van der Waals surface area contributed by atoms with Gasteiger partial charge in [-0.25, -0.2) is 0 Å². The average Bonchev–Trinajstić information content (AvgIpc) is 2.35. The lowest BCUT2D eigenvalue weighted by Gasteiger charge is -2.27. The molecule has 4 nitrogen and oxygen atoms in total. The second-order valence-electron chi connectivity index (χ2n) is 5.36. The van der Waals surface area contributed by atoms with E-state index in [0.29, 0.717) is 18.8 Å². The molecule has 1 aliphatic heterocycles. The van der Waals surface area contributed by atoms with Crippen molar-refractivity contribution >= 4 is 17.6 Å². The van der Waals surface area contributed by atoms with Crippen molar-refractivity contribution in [3.63, 3.8) is 0 Å². The Morgan fingerprint density at radius 2 is 2.21 bits per heavy atom. The topological polar surface area (TPSA) is 66.4 Å². The summed E-state index contributed by atoms with van der Waals surface area (Å²) in [6, 6.07) is 6.04. The Kier molecular flexibility index (Phi) is 3.88. The molecule has 0 fully saturated rings. The van der Waals surface area contributed by atoms with Crippen LogP contribution in [0.15, 0.2) is 18.2 Å². The Hall–Kier alpha value is -1.84. The van der Waals surface area contributed by atoms with Gasteiger partial charge >= 0.3 is 5.97 Å². The molecule has 1 unspecified atom stereocenters. The monoisotopic (exact) mass is 261 g/mol. The van der Waals surface area contributed by atoms with E-state index in [-0.39, 0.29) is 18.2 Å². The summed E-state index contributed by atoms with van der Waals surface area (Å²) in [7, 11) is 0. The number of carboxylic acids is 1. The fraction of sp³-hybridized carbons (Fsp3) is 0.467. The molecule has 0 aliphatic carbocycles. The van der Waals surface area contributed by atoms with Gasteiger partial charge in [-0.2, -0.15) is 0 Å². The highest BCUT2D eigenvalue weighted by Crippen LogP contribution is 2.34. The Labute approximate surface area is 112 Å². The summed E-state index contributed by atoms with van der Waals surface area (Å²) in [4.78, 5) is 22.6. The molecule has 2 N–H and O–H groups in total. The number of carbonyl (C=O) groups excluding carboxylic acids is 1. The number of rotatable bonds is 4. The van der Waals surface area contributed by atoms with Gasteiger partial charge < -0.3 is 10.4 Å². The quantitative estimate of drug-likeness (QED) is 0.875. The molecule has 4 heteroatoms. The van der Waals surface area contributed by atoms with E-state index in [4.69, 9.17) is 5.11 Å². The first kappa shape index (κ1) is 13.6. The van der Waals surface area contributed by atoms with E-state index < -0.39 is 5.97 Å². The van der Waals surface area contributed by atoms with Crippen molar-refractivity contribution in [2.45, 2.75) is 39.0 Å². The third-order valence-corrected chi connectivity index (χ3v) is 3.60. The zero-order chi connectivity index (χ0) is 14.0. The van der Waals surface area contributed by atoms with Crippen LogP contribution in [0.3, 0.4) is 0 Å². The molecule has 1 amide bonds. The maximum atomic E-state index is 12.0. The molecule has 102 valence electrons. The van der Waals surface area contributed by atoms with E-state index >= 15 is 0 Å². The van der Waals surface area contributed by atoms with Gasteiger partial charge in [-0.3, -0.25) is 9.59 Å². The Morgan fingerprint density at radius 1 is 1.47 bits per heavy atom. The molecular formula is C15H19NO3. The van der Waals surface area contributed by atoms with Crippen LogP contribution in [0.1, 0.15) is 43.7 Å². The third kappa shape index (κ3) is 2.95. The van der Waals surface area contributed by atoms with E-state index in [2.05, 4.69) is 19.2 Å². The van der Waals surface area contributed by atoms with Gasteiger partial charge in [-0.1, -0.05) is 32.0 Å². The number of amides is 1. The summed E-state index contributed by atoms with van der Waals surface area (Å²) in [6.07, 6.45) is 1.07. The maximum absolute atomic E-state index is 12.0. The molecule has 1 atom stereocenters. The van der Waals surface area contributed by atoms with Crippen LogP contribution in [0.5, 0.6) is 0 Å². The highest BCUT2D eigenvalue weighted by atomic mass is 16.4. The van der Waals surface area contributed by atoms with Gasteiger partial charge in [0, 0.05) is 18.0 Å². The Morgan fingerprint density at radius 3 is 2.84 bits per heavy atom. The first-order valence-corrected chi connectivity index (χ1v) is 6.63. The van der Waals surface area contributed by atoms with Crippen molar-refractivity contribution in [1.82, 2.24) is 0 Å². The lowest BCUT2D eigenvalue weighted by Crippen LogP contribution is -2.31. The maximum Gasteiger partial charge on any atom is 0.303 e. The standard InChI is InChI=1S/C15H19NO3/c1-9(2)12-5-3-4-10-8-11(6-7-13(17)18)15(19)16-14(10)12/h3-5,9,11H,6-8H2,1-2H3,(H,16,19)(H,17,18). The molecule has 0 radical (unpaired) electrons. The predicted octanol–water partition coefficient (Wildman–Crippen LogP) is 2.79. The second kappa shape index (κ2) is 5.43. The molecule has 1 aromatic rings. The van der Waals surface area contributed by atoms with Crippen molar-refractivity contribution in [1.29, 1.82) is 0 Å². The van der Waals surface area contributed by atoms with Crippen molar-refractivity contribution < 1.29 is 14.7 Å². The molecule has 1 aromatic carbocycles. The number of carbonyl (C=O) groups is 2. The zero-order valence-electron chi connectivity index (χ0n) is 11.3. The fourth-order valence-electron chi connectivity index (χ4n) is 2.54. The number of para-hydroxylation sites is 1. The molecule has 19 heavy (non-hydrogen) atoms. The minimum Gasteiger partial charge on any atom is -0.481 e. The van der Waals surface area contributed by atoms with E-state index in [1.54, 1.807) is 0 Å². The first-order chi connectivity index (χ1) is 8.99. The molecule has 0 saturated carbocycles. The third-order valence-electron chi connectivity index (χ3n) is 3.60. The summed E-state index contributed by atoms with van der Waals surface area (Å²) < 4.78 is 0. The lowest BCUT2D eigenvalue weighted by molar-refractivity contribution is -0.137. The number of hydrogen-bond donors (Lipinski definition) is 2. The van der Waals surface area contributed by atoms with Gasteiger partial charge in [0.25, 0.3) is 0 Å². The van der Waals surface area contributed by atoms with Gasteiger partial charge in [-0.15, -0.1) is 0 Å². The summed E-state index contributed by atoms with van der Waals surface area (Å²) in [6.45, 7) is 4.19. The molecule has 0 spiro atoms. The first-order valence-electron chi connectivity index (χ1n) is 6.63. The van der Waals surface area contributed by atoms with Crippen LogP contribution in [0.2, 0.25) is 0 Å². The number of fused-ring (bicyclic) bond motifs is 1. The number of aliphatic carboxylic acids is 1. The summed E-state index contributed by atoms with van der Waals surface area (Å²) in [5.74, 6) is -0.784. The summed E-state index contributed by atoms with van der Waals surface area (Å²) in [5.41, 5.74) is 3.18. The second-order valence-corrected chi connectivity index (χ2v) is 5.36. The molecule has 0 aromatic heterocycles. The molecule has 1 aliphatic rings. The highest BCUT2D eigenvalue weighted by molar-refractivity contribution is 5.96. The van der Waals surface area contributed by atoms with Crippen LogP contribution in [-0.4, -0.2) is 17.0 Å². The van der Waals surface area contributed by atoms with Crippen LogP contribution in [0, 0.1) is 5.92 Å². The molecule has 0 bridgehead atoms. The number of carboxylic acid groups (broad SMARTS) is 1. The minimum absolute atomic E-state index is 0.0390. The van der Waals surface area contributed by atoms with E-state index in [1.807, 2.05) is 18.2 Å². The van der Waals surface area contributed by atoms with Gasteiger partial charge in [0.05, 0.1) is 0 Å². The molecule has 2 rings (SSSR count). The van der Waals surface area contributed by atoms with Gasteiger partial charge in [0.2, 0.25) is 5.91 Å². The molecule has 1 heterocycles. The number of benzene rings is 1. The SMILES string of the molecule is CC(C)c1cccc2c1NC(=O)C(CCC(=O)O)C2. The van der Waals surface area contributed by atoms with E-state index in [1.165, 1.54) is 0 Å². The lowest BCUT2D eigenvalue weighted by atomic mass is 9.86. The molecular weight excluding hydrogens is 242 g/mol. The van der Waals surface area contributed by atoms with Gasteiger partial charge in [0.15, 0.2) is 0 Å². The number of anilines is 1. The summed E-state index contributed by atoms with van der Waals surface area (Å²) >= 11 is 0. The van der Waals surface area contributed by atoms with Gasteiger partial charge in [0.1, 0.15) is 0 Å². The number of hydrogen-bond acceptors (Lipinski definition) is 2. The van der Waals surface area contributed by atoms with Crippen LogP contribution < -0.4 is 5.32 Å². The van der Waals surface area contributed by atoms with Crippen LogP contribution in [0.4, 0.5) is 5.69 Å². The highest BCUT2D eigenvalue weighted by Gasteiger charge is 2.28. The largest absolute Gasteiger partial charge is 0.481 e. The fourth-order valence-corrected chi connectivity index (χ4v) is 2.54. The van der Waals surface area contributed by atoms with E-state index in [9.17, 15) is 9.59 Å². The number of nitrogens with one attached hydrogen (secondary N) is 1.